The summed E-state index contributed by atoms with van der Waals surface area (Å²) in [6.07, 6.45) is 3.06. The number of sulfonamides is 1. The summed E-state index contributed by atoms with van der Waals surface area (Å²) in [7, 11) is -3.87. The molecule has 2 aromatic rings. The van der Waals surface area contributed by atoms with E-state index in [0.29, 0.717) is 25.3 Å². The van der Waals surface area contributed by atoms with Crippen LogP contribution in [-0.4, -0.2) is 43.2 Å². The van der Waals surface area contributed by atoms with Crippen LogP contribution in [0.25, 0.3) is 0 Å². The van der Waals surface area contributed by atoms with Gasteiger partial charge in [0.25, 0.3) is 0 Å². The van der Waals surface area contributed by atoms with Crippen LogP contribution in [-0.2, 0) is 21.2 Å². The molecule has 0 saturated carbocycles. The lowest BCUT2D eigenvalue weighted by molar-refractivity contribution is 0.184. The van der Waals surface area contributed by atoms with Crippen molar-refractivity contribution in [2.75, 3.05) is 19.8 Å². The van der Waals surface area contributed by atoms with Gasteiger partial charge in [0, 0.05) is 25.8 Å². The van der Waals surface area contributed by atoms with Gasteiger partial charge in [-0.1, -0.05) is 17.3 Å². The average Bonchev–Trinajstić information content (AvgIpc) is 3.18. The second kappa shape index (κ2) is 6.73. The van der Waals surface area contributed by atoms with Crippen molar-refractivity contribution in [3.63, 3.8) is 0 Å². The van der Waals surface area contributed by atoms with Gasteiger partial charge in [-0.25, -0.2) is 22.2 Å². The van der Waals surface area contributed by atoms with Crippen LogP contribution >= 0.6 is 0 Å². The predicted octanol–water partition coefficient (Wildman–Crippen LogP) is 0.900. The minimum Gasteiger partial charge on any atom is -0.379 e. The molecule has 1 aromatic heterocycles. The van der Waals surface area contributed by atoms with Gasteiger partial charge in [0.05, 0.1) is 18.3 Å². The number of halogens is 1. The second-order valence-electron chi connectivity index (χ2n) is 5.29. The third-order valence-electron chi connectivity index (χ3n) is 3.64. The van der Waals surface area contributed by atoms with E-state index in [9.17, 15) is 12.8 Å². The van der Waals surface area contributed by atoms with Crippen LogP contribution in [0.15, 0.2) is 35.4 Å². The maximum absolute atomic E-state index is 13.6. The topological polar surface area (TPSA) is 86.1 Å². The predicted molar refractivity (Wildman–Crippen MR) is 79.8 cm³/mol. The first-order chi connectivity index (χ1) is 11.1. The van der Waals surface area contributed by atoms with Crippen molar-refractivity contribution >= 4 is 10.0 Å². The molecule has 124 valence electrons. The summed E-state index contributed by atoms with van der Waals surface area (Å²) in [5.41, 5.74) is 0.674. The second-order valence-corrected chi connectivity index (χ2v) is 7.02. The van der Waals surface area contributed by atoms with Crippen LogP contribution in [0, 0.1) is 5.82 Å². The van der Waals surface area contributed by atoms with Gasteiger partial charge in [-0.3, -0.25) is 0 Å². The smallest absolute Gasteiger partial charge is 0.243 e. The molecule has 0 aliphatic carbocycles. The van der Waals surface area contributed by atoms with Crippen molar-refractivity contribution in [2.24, 2.45) is 0 Å². The van der Waals surface area contributed by atoms with E-state index in [2.05, 4.69) is 15.0 Å². The van der Waals surface area contributed by atoms with Gasteiger partial charge in [-0.15, -0.1) is 5.10 Å². The maximum atomic E-state index is 13.6. The summed E-state index contributed by atoms with van der Waals surface area (Å²) in [6.45, 7) is 1.45. The summed E-state index contributed by atoms with van der Waals surface area (Å²) >= 11 is 0. The number of nitrogens with zero attached hydrogens (tertiary/aromatic N) is 3. The molecule has 3 rings (SSSR count). The van der Waals surface area contributed by atoms with Gasteiger partial charge < -0.3 is 4.74 Å². The first kappa shape index (κ1) is 16.0. The first-order valence-electron chi connectivity index (χ1n) is 7.29. The zero-order valence-electron chi connectivity index (χ0n) is 12.4. The van der Waals surface area contributed by atoms with E-state index >= 15 is 0 Å². The lowest BCUT2D eigenvalue weighted by atomic mass is 10.2. The Labute approximate surface area is 133 Å². The number of hydrogen-bond acceptors (Lipinski definition) is 5. The quantitative estimate of drug-likeness (QED) is 0.844. The van der Waals surface area contributed by atoms with Gasteiger partial charge in [0.1, 0.15) is 10.7 Å². The molecule has 1 saturated heterocycles. The minimum atomic E-state index is -3.87. The van der Waals surface area contributed by atoms with Crippen LogP contribution in [0.5, 0.6) is 0 Å². The van der Waals surface area contributed by atoms with E-state index in [1.54, 1.807) is 10.9 Å². The van der Waals surface area contributed by atoms with Crippen LogP contribution in [0.2, 0.25) is 0 Å². The third-order valence-corrected chi connectivity index (χ3v) is 5.13. The molecule has 1 fully saturated rings. The van der Waals surface area contributed by atoms with E-state index in [0.717, 1.165) is 12.5 Å². The molecular weight excluding hydrogens is 323 g/mol. The fourth-order valence-corrected chi connectivity index (χ4v) is 3.50. The molecule has 1 unspecified atom stereocenters. The highest BCUT2D eigenvalue weighted by atomic mass is 32.2. The molecule has 1 atom stereocenters. The monoisotopic (exact) mass is 340 g/mol. The molecule has 23 heavy (non-hydrogen) atoms. The van der Waals surface area contributed by atoms with Crippen molar-refractivity contribution < 1.29 is 17.5 Å². The molecular formula is C14H17FN4O3S. The van der Waals surface area contributed by atoms with Gasteiger partial charge in [0.15, 0.2) is 0 Å². The molecule has 7 nitrogen and oxygen atoms in total. The van der Waals surface area contributed by atoms with Crippen LogP contribution in [0.3, 0.4) is 0 Å². The lowest BCUT2D eigenvalue weighted by Crippen LogP contribution is -2.26. The van der Waals surface area contributed by atoms with E-state index in [4.69, 9.17) is 4.74 Å². The standard InChI is InChI=1S/C14H17FN4O3S/c15-13-3-1-2-4-14(13)23(20,21)16-7-5-11-9-19(18-17-11)12-6-8-22-10-12/h1-4,9,12,16H,5-8,10H2. The van der Waals surface area contributed by atoms with Gasteiger partial charge in [-0.2, -0.15) is 0 Å². The molecule has 1 aliphatic rings. The zero-order chi connectivity index (χ0) is 16.3. The number of benzene rings is 1. The van der Waals surface area contributed by atoms with Gasteiger partial charge in [0.2, 0.25) is 10.0 Å². The fraction of sp³-hybridized carbons (Fsp3) is 0.429. The molecule has 1 aromatic carbocycles. The number of aromatic nitrogens is 3. The average molecular weight is 340 g/mol. The molecule has 0 spiro atoms. The minimum absolute atomic E-state index is 0.122. The Hall–Kier alpha value is -1.84. The third kappa shape index (κ3) is 3.74. The van der Waals surface area contributed by atoms with Crippen LogP contribution < -0.4 is 4.72 Å². The highest BCUT2D eigenvalue weighted by Gasteiger charge is 2.20. The van der Waals surface area contributed by atoms with E-state index < -0.39 is 15.8 Å². The van der Waals surface area contributed by atoms with Gasteiger partial charge in [-0.05, 0) is 18.6 Å². The Bertz CT molecular complexity index is 772. The Morgan fingerprint density at radius 1 is 1.39 bits per heavy atom. The molecule has 0 bridgehead atoms. The molecule has 9 heteroatoms. The Morgan fingerprint density at radius 3 is 2.96 bits per heavy atom. The Morgan fingerprint density at radius 2 is 2.22 bits per heavy atom. The number of nitrogens with one attached hydrogen (secondary N) is 1. The van der Waals surface area contributed by atoms with Crippen molar-refractivity contribution in [1.29, 1.82) is 0 Å². The Balaban J connectivity index is 1.58. The Kier molecular flexibility index (Phi) is 4.69. The largest absolute Gasteiger partial charge is 0.379 e. The fourth-order valence-electron chi connectivity index (χ4n) is 2.39. The van der Waals surface area contributed by atoms with Crippen molar-refractivity contribution in [2.45, 2.75) is 23.8 Å². The van der Waals surface area contributed by atoms with Gasteiger partial charge >= 0.3 is 0 Å². The molecule has 0 radical (unpaired) electrons. The molecule has 0 amide bonds. The number of ether oxygens (including phenoxy) is 1. The van der Waals surface area contributed by atoms with E-state index in [1.807, 2.05) is 0 Å². The van der Waals surface area contributed by atoms with Crippen LogP contribution in [0.1, 0.15) is 18.2 Å². The first-order valence-corrected chi connectivity index (χ1v) is 8.77. The summed E-state index contributed by atoms with van der Waals surface area (Å²) in [5.74, 6) is -0.771. The maximum Gasteiger partial charge on any atom is 0.243 e. The lowest BCUT2D eigenvalue weighted by Gasteiger charge is -2.07. The SMILES string of the molecule is O=S(=O)(NCCc1cn(C2CCOC2)nn1)c1ccccc1F. The summed E-state index contributed by atoms with van der Waals surface area (Å²) in [5, 5.41) is 8.05. The summed E-state index contributed by atoms with van der Waals surface area (Å²) in [6, 6.07) is 5.45. The van der Waals surface area contributed by atoms with E-state index in [1.165, 1.54) is 18.2 Å². The molecule has 1 N–H and O–H groups in total. The zero-order valence-corrected chi connectivity index (χ0v) is 13.2. The normalized spacial score (nSPS) is 18.4. The van der Waals surface area contributed by atoms with Crippen LogP contribution in [0.4, 0.5) is 4.39 Å². The number of rotatable bonds is 6. The van der Waals surface area contributed by atoms with Crippen molar-refractivity contribution in [3.05, 3.63) is 42.0 Å². The molecule has 1 aliphatic heterocycles. The summed E-state index contributed by atoms with van der Waals surface area (Å²) < 4.78 is 47.1. The van der Waals surface area contributed by atoms with E-state index in [-0.39, 0.29) is 17.5 Å². The van der Waals surface area contributed by atoms with Crippen molar-refractivity contribution in [1.82, 2.24) is 19.7 Å². The van der Waals surface area contributed by atoms with Crippen molar-refractivity contribution in [3.8, 4) is 0 Å². The molecule has 2 heterocycles. The summed E-state index contributed by atoms with van der Waals surface area (Å²) in [4.78, 5) is -0.355. The highest BCUT2D eigenvalue weighted by Crippen LogP contribution is 2.17. The number of hydrogen-bond donors (Lipinski definition) is 1. The highest BCUT2D eigenvalue weighted by molar-refractivity contribution is 7.89.